The number of aromatic hydroxyl groups is 4. The van der Waals surface area contributed by atoms with Gasteiger partial charge in [0.05, 0.1) is 12.7 Å². The number of esters is 1. The molecular formula is C28H28O12. The Morgan fingerprint density at radius 1 is 0.825 bits per heavy atom. The zero-order valence-corrected chi connectivity index (χ0v) is 21.1. The molecule has 7 N–H and O–H groups in total. The summed E-state index contributed by atoms with van der Waals surface area (Å²) in [6.07, 6.45) is -4.47. The number of carbonyl (C=O) groups is 1. The van der Waals surface area contributed by atoms with Gasteiger partial charge in [-0.3, -0.25) is 0 Å². The number of benzene rings is 3. The Morgan fingerprint density at radius 3 is 2.12 bits per heavy atom. The molecule has 3 aromatic rings. The van der Waals surface area contributed by atoms with E-state index in [1.54, 1.807) is 37.5 Å². The summed E-state index contributed by atoms with van der Waals surface area (Å²) >= 11 is 0. The van der Waals surface area contributed by atoms with Crippen LogP contribution in [-0.2, 0) is 9.47 Å². The van der Waals surface area contributed by atoms with E-state index in [9.17, 15) is 40.5 Å². The van der Waals surface area contributed by atoms with Crippen LogP contribution in [-0.4, -0.2) is 86.1 Å². The molecule has 0 unspecified atom stereocenters. The third kappa shape index (κ3) is 6.55. The minimum atomic E-state index is -1.74. The SMILES string of the molecule is COc1ccc(C=Cc2cc(O)cc(O[C@@H]3O[C@H](COC(=O)c4cc(O)c(O)c(O)c4)[C@@H](O)[C@H](O)[C@H]3O)c2)cc1. The van der Waals surface area contributed by atoms with Gasteiger partial charge in [-0.1, -0.05) is 24.3 Å². The van der Waals surface area contributed by atoms with E-state index in [1.165, 1.54) is 12.1 Å². The topological polar surface area (TPSA) is 196 Å². The van der Waals surface area contributed by atoms with E-state index < -0.39 is 60.5 Å². The van der Waals surface area contributed by atoms with Crippen molar-refractivity contribution in [1.82, 2.24) is 0 Å². The molecule has 1 fully saturated rings. The number of phenols is 4. The molecule has 1 saturated heterocycles. The average molecular weight is 557 g/mol. The van der Waals surface area contributed by atoms with Gasteiger partial charge in [-0.05, 0) is 47.5 Å². The number of hydrogen-bond acceptors (Lipinski definition) is 12. The molecule has 1 aliphatic heterocycles. The molecule has 12 heteroatoms. The van der Waals surface area contributed by atoms with Crippen molar-refractivity contribution in [3.05, 3.63) is 71.3 Å². The van der Waals surface area contributed by atoms with E-state index in [0.29, 0.717) is 11.3 Å². The van der Waals surface area contributed by atoms with E-state index >= 15 is 0 Å². The molecule has 1 aliphatic rings. The molecule has 0 aromatic heterocycles. The average Bonchev–Trinajstić information content (AvgIpc) is 2.94. The summed E-state index contributed by atoms with van der Waals surface area (Å²) in [5.74, 6) is -2.73. The van der Waals surface area contributed by atoms with Crippen LogP contribution in [0.1, 0.15) is 21.5 Å². The van der Waals surface area contributed by atoms with Crippen molar-refractivity contribution in [1.29, 1.82) is 0 Å². The molecule has 3 aromatic carbocycles. The molecule has 0 spiro atoms. The van der Waals surface area contributed by atoms with Gasteiger partial charge in [0.2, 0.25) is 6.29 Å². The number of hydrogen-bond donors (Lipinski definition) is 7. The summed E-state index contributed by atoms with van der Waals surface area (Å²) < 4.78 is 21.4. The van der Waals surface area contributed by atoms with Crippen LogP contribution in [0.25, 0.3) is 12.2 Å². The summed E-state index contributed by atoms with van der Waals surface area (Å²) in [6, 6.07) is 13.3. The normalized spacial score (nSPS) is 22.6. The summed E-state index contributed by atoms with van der Waals surface area (Å²) in [6.45, 7) is -0.609. The summed E-state index contributed by atoms with van der Waals surface area (Å²) in [5, 5.41) is 69.9. The maximum absolute atomic E-state index is 12.4. The number of carbonyl (C=O) groups excluding carboxylic acids is 1. The second-order valence-electron chi connectivity index (χ2n) is 8.96. The second kappa shape index (κ2) is 12.1. The highest BCUT2D eigenvalue weighted by atomic mass is 16.7. The fourth-order valence-corrected chi connectivity index (χ4v) is 3.93. The van der Waals surface area contributed by atoms with Crippen molar-refractivity contribution in [2.24, 2.45) is 0 Å². The molecule has 4 rings (SSSR count). The summed E-state index contributed by atoms with van der Waals surface area (Å²) in [4.78, 5) is 12.4. The van der Waals surface area contributed by atoms with Gasteiger partial charge >= 0.3 is 5.97 Å². The Labute approximate surface area is 228 Å². The number of ether oxygens (including phenoxy) is 4. The highest BCUT2D eigenvalue weighted by Crippen LogP contribution is 2.35. The lowest BCUT2D eigenvalue weighted by Crippen LogP contribution is -2.60. The molecule has 12 nitrogen and oxygen atoms in total. The van der Waals surface area contributed by atoms with Crippen molar-refractivity contribution in [3.63, 3.8) is 0 Å². The van der Waals surface area contributed by atoms with Crippen molar-refractivity contribution >= 4 is 18.1 Å². The molecule has 5 atom stereocenters. The van der Waals surface area contributed by atoms with Gasteiger partial charge in [0, 0.05) is 6.07 Å². The predicted molar refractivity (Wildman–Crippen MR) is 139 cm³/mol. The Bertz CT molecular complexity index is 1350. The zero-order chi connectivity index (χ0) is 29.0. The standard InChI is InChI=1S/C28H28O12/c1-37-18-6-4-14(5-7-18)2-3-15-8-17(29)12-19(9-15)39-28-26(35)25(34)24(33)22(40-28)13-38-27(36)16-10-20(30)23(32)21(31)11-16/h2-12,22,24-26,28-35H,13H2,1H3/t22-,24-,25+,26-,28-/m1/s1. The van der Waals surface area contributed by atoms with Gasteiger partial charge in [-0.25, -0.2) is 4.79 Å². The largest absolute Gasteiger partial charge is 0.508 e. The number of methoxy groups -OCH3 is 1. The van der Waals surface area contributed by atoms with Crippen LogP contribution >= 0.6 is 0 Å². The Balaban J connectivity index is 1.44. The van der Waals surface area contributed by atoms with Gasteiger partial charge in [-0.2, -0.15) is 0 Å². The predicted octanol–water partition coefficient (Wildman–Crippen LogP) is 1.73. The van der Waals surface area contributed by atoms with Crippen LogP contribution in [0.3, 0.4) is 0 Å². The fourth-order valence-electron chi connectivity index (χ4n) is 3.93. The van der Waals surface area contributed by atoms with Crippen LogP contribution in [0.15, 0.2) is 54.6 Å². The maximum Gasteiger partial charge on any atom is 0.338 e. The van der Waals surface area contributed by atoms with E-state index in [-0.39, 0.29) is 17.1 Å². The number of aliphatic hydroxyl groups is 3. The second-order valence-corrected chi connectivity index (χ2v) is 8.96. The molecule has 0 saturated carbocycles. The van der Waals surface area contributed by atoms with Crippen molar-refractivity contribution in [2.45, 2.75) is 30.7 Å². The fraction of sp³-hybridized carbons (Fsp3) is 0.250. The Morgan fingerprint density at radius 2 is 1.48 bits per heavy atom. The van der Waals surface area contributed by atoms with E-state index in [0.717, 1.165) is 17.7 Å². The van der Waals surface area contributed by atoms with Crippen molar-refractivity contribution < 1.29 is 59.5 Å². The van der Waals surface area contributed by atoms with Gasteiger partial charge in [0.1, 0.15) is 48.3 Å². The van der Waals surface area contributed by atoms with E-state index in [1.807, 2.05) is 12.1 Å². The van der Waals surface area contributed by atoms with Crippen LogP contribution < -0.4 is 9.47 Å². The van der Waals surface area contributed by atoms with Gasteiger partial charge in [0.15, 0.2) is 17.2 Å². The van der Waals surface area contributed by atoms with Crippen LogP contribution in [0.5, 0.6) is 34.5 Å². The zero-order valence-electron chi connectivity index (χ0n) is 21.1. The van der Waals surface area contributed by atoms with Crippen LogP contribution in [0.2, 0.25) is 0 Å². The molecule has 0 bridgehead atoms. The molecule has 0 aliphatic carbocycles. The molecule has 0 radical (unpaired) electrons. The molecule has 212 valence electrons. The third-order valence-corrected chi connectivity index (χ3v) is 6.10. The first kappa shape index (κ1) is 28.5. The Hall–Kier alpha value is -4.49. The maximum atomic E-state index is 12.4. The monoisotopic (exact) mass is 556 g/mol. The van der Waals surface area contributed by atoms with Crippen molar-refractivity contribution in [2.75, 3.05) is 13.7 Å². The molecule has 40 heavy (non-hydrogen) atoms. The minimum Gasteiger partial charge on any atom is -0.508 e. The summed E-state index contributed by atoms with van der Waals surface area (Å²) in [7, 11) is 1.57. The van der Waals surface area contributed by atoms with E-state index in [2.05, 4.69) is 0 Å². The van der Waals surface area contributed by atoms with Crippen LogP contribution in [0, 0.1) is 0 Å². The highest BCUT2D eigenvalue weighted by Gasteiger charge is 2.45. The molecule has 1 heterocycles. The van der Waals surface area contributed by atoms with Gasteiger partial charge in [0.25, 0.3) is 0 Å². The number of rotatable bonds is 8. The summed E-state index contributed by atoms with van der Waals surface area (Å²) in [5.41, 5.74) is 1.11. The van der Waals surface area contributed by atoms with Crippen molar-refractivity contribution in [3.8, 4) is 34.5 Å². The van der Waals surface area contributed by atoms with Gasteiger partial charge in [-0.15, -0.1) is 0 Å². The number of aliphatic hydroxyl groups excluding tert-OH is 3. The van der Waals surface area contributed by atoms with E-state index in [4.69, 9.17) is 18.9 Å². The molecule has 0 amide bonds. The quantitative estimate of drug-likeness (QED) is 0.121. The number of phenolic OH excluding ortho intramolecular Hbond substituents is 4. The Kier molecular flexibility index (Phi) is 8.65. The minimum absolute atomic E-state index is 0.0767. The molecular weight excluding hydrogens is 528 g/mol. The van der Waals surface area contributed by atoms with Crippen LogP contribution in [0.4, 0.5) is 0 Å². The lowest BCUT2D eigenvalue weighted by Gasteiger charge is -2.39. The lowest BCUT2D eigenvalue weighted by atomic mass is 9.99. The first-order valence-electron chi connectivity index (χ1n) is 12.0. The van der Waals surface area contributed by atoms with Gasteiger partial charge < -0.3 is 54.7 Å². The lowest BCUT2D eigenvalue weighted by molar-refractivity contribution is -0.277. The first-order chi connectivity index (χ1) is 19.0. The highest BCUT2D eigenvalue weighted by molar-refractivity contribution is 5.91. The smallest absolute Gasteiger partial charge is 0.338 e. The third-order valence-electron chi connectivity index (χ3n) is 6.10. The first-order valence-corrected chi connectivity index (χ1v) is 12.0.